The van der Waals surface area contributed by atoms with Gasteiger partial charge in [0.25, 0.3) is 11.6 Å². The van der Waals surface area contributed by atoms with Crippen molar-refractivity contribution in [2.75, 3.05) is 0 Å². The number of hydrogen-bond donors (Lipinski definition) is 2. The highest BCUT2D eigenvalue weighted by molar-refractivity contribution is 9.10. The topological polar surface area (TPSA) is 135 Å². The van der Waals surface area contributed by atoms with Crippen LogP contribution in [0.4, 0.5) is 28.9 Å². The summed E-state index contributed by atoms with van der Waals surface area (Å²) in [5, 5.41) is 28.3. The molecule has 2 atom stereocenters. The van der Waals surface area contributed by atoms with E-state index in [-0.39, 0.29) is 56.6 Å². The van der Waals surface area contributed by atoms with Gasteiger partial charge < -0.3 is 10.2 Å². The molecule has 0 fully saturated rings. The molecule has 59 heavy (non-hydrogen) atoms. The summed E-state index contributed by atoms with van der Waals surface area (Å²) >= 11 is 3.20. The molecule has 8 aromatic rings. The number of aromatic nitrogens is 8. The van der Waals surface area contributed by atoms with E-state index in [1.54, 1.807) is 6.20 Å². The Morgan fingerprint density at radius 1 is 0.695 bits per heavy atom. The fraction of sp³-hybridized carbons (Fsp3) is 0.143. The van der Waals surface area contributed by atoms with Gasteiger partial charge in [0, 0.05) is 46.7 Å². The molecule has 4 heterocycles. The Bertz CT molecular complexity index is 3170. The number of aliphatic hydroxyl groups is 2. The third-order valence-corrected chi connectivity index (χ3v) is 8.81. The van der Waals surface area contributed by atoms with E-state index in [1.807, 2.05) is 0 Å². The van der Waals surface area contributed by atoms with Gasteiger partial charge in [-0.25, -0.2) is 51.7 Å². The average Bonchev–Trinajstić information content (AvgIpc) is 3.91. The summed E-state index contributed by atoms with van der Waals surface area (Å²) in [4.78, 5) is 22.5. The molecular formula is C42H31BrF4N10O2. The second-order valence-corrected chi connectivity index (χ2v) is 13.7. The normalized spacial score (nSPS) is 14.8. The Morgan fingerprint density at radius 3 is 1.85 bits per heavy atom. The second-order valence-electron chi connectivity index (χ2n) is 12.8. The Labute approximate surface area is 351 Å². The molecule has 0 spiro atoms. The summed E-state index contributed by atoms with van der Waals surface area (Å²) in [6, 6.07) is 16.2. The number of benzene rings is 4. The summed E-state index contributed by atoms with van der Waals surface area (Å²) in [5.41, 5.74) is -3.80. The van der Waals surface area contributed by atoms with Crippen molar-refractivity contribution in [1.29, 1.82) is 0 Å². The Balaban J connectivity index is 0.000000178. The number of nitrogens with zero attached hydrogens (tertiary/aromatic N) is 10. The lowest BCUT2D eigenvalue weighted by atomic mass is 9.99. The molecule has 4 aromatic heterocycles. The Hall–Kier alpha value is -6.92. The molecule has 0 aliphatic rings. The molecule has 296 valence electrons. The average molecular weight is 870 g/mol. The number of hydrogen-bond acceptors (Lipinski definition) is 8. The maximum Gasteiger partial charge on any atom is 0.251 e. The van der Waals surface area contributed by atoms with Gasteiger partial charge in [0.05, 0.1) is 55.0 Å². The largest absolute Gasteiger partial charge is 0.384 e. The van der Waals surface area contributed by atoms with Crippen molar-refractivity contribution in [2.45, 2.75) is 38.8 Å². The van der Waals surface area contributed by atoms with E-state index < -0.39 is 48.2 Å². The fourth-order valence-corrected chi connectivity index (χ4v) is 5.83. The smallest absolute Gasteiger partial charge is 0.251 e. The number of fused-ring (bicyclic) bond motifs is 2. The van der Waals surface area contributed by atoms with Crippen molar-refractivity contribution in [3.05, 3.63) is 166 Å². The first-order valence-electron chi connectivity index (χ1n) is 19.9. The van der Waals surface area contributed by atoms with Crippen LogP contribution in [-0.2, 0) is 11.2 Å². The van der Waals surface area contributed by atoms with Crippen LogP contribution in [0.5, 0.6) is 0 Å². The van der Waals surface area contributed by atoms with Gasteiger partial charge in [-0.2, -0.15) is 14.7 Å². The van der Waals surface area contributed by atoms with Gasteiger partial charge >= 0.3 is 0 Å². The van der Waals surface area contributed by atoms with Gasteiger partial charge in [-0.3, -0.25) is 0 Å². The summed E-state index contributed by atoms with van der Waals surface area (Å²) in [5.74, 6) is -2.33. The zero-order chi connectivity index (χ0) is 47.6. The fourth-order valence-electron chi connectivity index (χ4n) is 5.46. The molecule has 0 aliphatic carbocycles. The molecule has 12 nitrogen and oxygen atoms in total. The molecule has 0 saturated carbocycles. The SMILES string of the molecule is [2H]C([2H])([2H])C(C)(O)c1cnn2c(-c3ccc(F)c(-c4c(F)cccc4[N+]#[C-])c3)cnc2n1.[2H]C([2H])([2H])C(C)(O)c1cnn2ccnc2n1.[C-]#[N+]c1cccc(F)c1-c1cc(Br)ccc1F. The standard InChI is InChI=1S/C21H15F2N5O.C13H6BrF2N.C8H10N4O/c1-21(2,29)18-11-26-28-17(10-25-20(28)27-18)12-7-8-14(22)13(9-12)19-15(23)5-4-6-16(19)24-3;1-17-12-4-2-3-11(16)13(12)9-7-8(14)5-6-10(9)15;1-8(2,13)6-5-10-12-4-3-9-7(12)11-6/h4-11,29H,1-2H3;2-7H;3-5,13H,1-2H3/i1D3;;1D3. The maximum absolute atomic E-state index is 14.6. The van der Waals surface area contributed by atoms with E-state index in [1.165, 1.54) is 95.2 Å². The van der Waals surface area contributed by atoms with E-state index in [0.717, 1.165) is 25.3 Å². The first-order chi connectivity index (χ1) is 30.5. The number of imidazole rings is 2. The van der Waals surface area contributed by atoms with Crippen LogP contribution in [0.25, 0.3) is 54.8 Å². The van der Waals surface area contributed by atoms with E-state index >= 15 is 0 Å². The number of halogens is 5. The van der Waals surface area contributed by atoms with Crippen molar-refractivity contribution in [3.63, 3.8) is 0 Å². The van der Waals surface area contributed by atoms with Crippen molar-refractivity contribution >= 4 is 38.9 Å². The van der Waals surface area contributed by atoms with Crippen LogP contribution in [0.3, 0.4) is 0 Å². The quantitative estimate of drug-likeness (QED) is 0.129. The maximum atomic E-state index is 14.6. The summed E-state index contributed by atoms with van der Waals surface area (Å²) in [7, 11) is 0. The molecule has 0 amide bonds. The molecule has 0 bridgehead atoms. The van der Waals surface area contributed by atoms with Crippen LogP contribution in [0.15, 0.2) is 108 Å². The van der Waals surface area contributed by atoms with Crippen LogP contribution in [0, 0.1) is 36.4 Å². The molecule has 0 radical (unpaired) electrons. The van der Waals surface area contributed by atoms with Gasteiger partial charge in [0.15, 0.2) is 11.4 Å². The van der Waals surface area contributed by atoms with Crippen molar-refractivity contribution in [1.82, 2.24) is 39.2 Å². The van der Waals surface area contributed by atoms with Gasteiger partial charge in [-0.15, -0.1) is 0 Å². The highest BCUT2D eigenvalue weighted by Gasteiger charge is 2.22. The third kappa shape index (κ3) is 9.13. The van der Waals surface area contributed by atoms with Crippen LogP contribution in [0.2, 0.25) is 0 Å². The van der Waals surface area contributed by atoms with Crippen molar-refractivity contribution < 1.29 is 36.0 Å². The molecule has 17 heteroatoms. The molecule has 2 unspecified atom stereocenters. The lowest BCUT2D eigenvalue weighted by Gasteiger charge is -2.15. The minimum absolute atomic E-state index is 0.00120. The van der Waals surface area contributed by atoms with Crippen molar-refractivity contribution in [2.24, 2.45) is 0 Å². The van der Waals surface area contributed by atoms with E-state index in [9.17, 15) is 27.8 Å². The van der Waals surface area contributed by atoms with E-state index in [2.05, 4.69) is 55.8 Å². The monoisotopic (exact) mass is 868 g/mol. The van der Waals surface area contributed by atoms with Crippen LogP contribution >= 0.6 is 15.9 Å². The predicted octanol–water partition coefficient (Wildman–Crippen LogP) is 9.81. The van der Waals surface area contributed by atoms with E-state index in [4.69, 9.17) is 21.4 Å². The minimum atomic E-state index is -2.73. The molecule has 0 saturated heterocycles. The summed E-state index contributed by atoms with van der Waals surface area (Å²) in [6.45, 7) is 11.2. The Morgan fingerprint density at radius 2 is 1.25 bits per heavy atom. The first-order valence-corrected chi connectivity index (χ1v) is 17.7. The van der Waals surface area contributed by atoms with Crippen LogP contribution in [-0.4, -0.2) is 49.4 Å². The molecule has 8 rings (SSSR count). The first kappa shape index (κ1) is 34.1. The Kier molecular flexibility index (Phi) is 9.78. The van der Waals surface area contributed by atoms with Gasteiger partial charge in [-0.05, 0) is 76.1 Å². The molecule has 2 N–H and O–H groups in total. The highest BCUT2D eigenvalue weighted by Crippen LogP contribution is 2.38. The lowest BCUT2D eigenvalue weighted by molar-refractivity contribution is 0.0729. The second kappa shape index (κ2) is 16.9. The molecule has 4 aromatic carbocycles. The predicted molar refractivity (Wildman–Crippen MR) is 215 cm³/mol. The van der Waals surface area contributed by atoms with Crippen LogP contribution in [0.1, 0.15) is 47.2 Å². The van der Waals surface area contributed by atoms with Gasteiger partial charge in [0.2, 0.25) is 0 Å². The number of rotatable bonds is 5. The summed E-state index contributed by atoms with van der Waals surface area (Å²) < 4.78 is 104. The zero-order valence-corrected chi connectivity index (χ0v) is 32.2. The van der Waals surface area contributed by atoms with Gasteiger partial charge in [0.1, 0.15) is 34.5 Å². The molecular weight excluding hydrogens is 832 g/mol. The third-order valence-electron chi connectivity index (χ3n) is 8.31. The lowest BCUT2D eigenvalue weighted by Crippen LogP contribution is -2.19. The van der Waals surface area contributed by atoms with E-state index in [0.29, 0.717) is 15.7 Å². The minimum Gasteiger partial charge on any atom is -0.384 e. The van der Waals surface area contributed by atoms with Crippen LogP contribution < -0.4 is 0 Å². The highest BCUT2D eigenvalue weighted by atomic mass is 79.9. The van der Waals surface area contributed by atoms with Crippen molar-refractivity contribution in [3.8, 4) is 33.5 Å². The zero-order valence-electron chi connectivity index (χ0n) is 36.6. The summed E-state index contributed by atoms with van der Waals surface area (Å²) in [6.07, 6.45) is 6.79. The van der Waals surface area contributed by atoms with Gasteiger partial charge in [-0.1, -0.05) is 40.2 Å². The molecule has 0 aliphatic heterocycles.